The number of rotatable bonds is 1. The molecule has 0 aliphatic heterocycles. The molecule has 0 saturated heterocycles. The highest BCUT2D eigenvalue weighted by Crippen LogP contribution is 2.18. The first-order valence-electron chi connectivity index (χ1n) is 3.11. The van der Waals surface area contributed by atoms with Gasteiger partial charge < -0.3 is 0 Å². The van der Waals surface area contributed by atoms with Crippen LogP contribution in [0.25, 0.3) is 0 Å². The molecule has 0 heterocycles. The van der Waals surface area contributed by atoms with Crippen LogP contribution in [-0.4, -0.2) is 5.91 Å². The lowest BCUT2D eigenvalue weighted by Gasteiger charge is -2.02. The standard InChI is InChI=1S/C7H6BrIN2O/c8-4-1-2-5(6(9)3-4)7(12)11-10/h1-3H,10H2,(H,11,12). The Labute approximate surface area is 91.9 Å². The first-order chi connectivity index (χ1) is 5.65. The second kappa shape index (κ2) is 4.20. The largest absolute Gasteiger partial charge is 0.290 e. The fraction of sp³-hybridized carbons (Fsp3) is 0. The van der Waals surface area contributed by atoms with Crippen molar-refractivity contribution in [2.45, 2.75) is 0 Å². The Balaban J connectivity index is 3.09. The molecular weight excluding hydrogens is 335 g/mol. The molecule has 5 heteroatoms. The van der Waals surface area contributed by atoms with E-state index >= 15 is 0 Å². The zero-order valence-electron chi connectivity index (χ0n) is 5.97. The Hall–Kier alpha value is -0.140. The number of hydrogen-bond acceptors (Lipinski definition) is 2. The van der Waals surface area contributed by atoms with Gasteiger partial charge >= 0.3 is 0 Å². The lowest BCUT2D eigenvalue weighted by atomic mass is 10.2. The van der Waals surface area contributed by atoms with Crippen molar-refractivity contribution >= 4 is 44.4 Å². The molecule has 0 atom stereocenters. The maximum Gasteiger partial charge on any atom is 0.266 e. The third-order valence-electron chi connectivity index (χ3n) is 1.31. The summed E-state index contributed by atoms with van der Waals surface area (Å²) in [6.07, 6.45) is 0. The van der Waals surface area contributed by atoms with Gasteiger partial charge in [-0.05, 0) is 40.8 Å². The molecule has 1 aromatic carbocycles. The second-order valence-corrected chi connectivity index (χ2v) is 4.18. The lowest BCUT2D eigenvalue weighted by Crippen LogP contribution is -2.30. The van der Waals surface area contributed by atoms with Crippen LogP contribution in [0.2, 0.25) is 0 Å². The first-order valence-corrected chi connectivity index (χ1v) is 4.98. The molecule has 0 saturated carbocycles. The van der Waals surface area contributed by atoms with E-state index in [-0.39, 0.29) is 5.91 Å². The van der Waals surface area contributed by atoms with Gasteiger partial charge in [-0.15, -0.1) is 0 Å². The summed E-state index contributed by atoms with van der Waals surface area (Å²) in [7, 11) is 0. The number of carbonyl (C=O) groups excluding carboxylic acids is 1. The minimum atomic E-state index is -0.271. The number of nitrogens with one attached hydrogen (secondary N) is 1. The van der Waals surface area contributed by atoms with Gasteiger partial charge in [-0.25, -0.2) is 5.84 Å². The van der Waals surface area contributed by atoms with E-state index in [0.29, 0.717) is 5.56 Å². The molecule has 1 amide bonds. The fourth-order valence-electron chi connectivity index (χ4n) is 0.751. The molecule has 0 aliphatic rings. The Morgan fingerprint density at radius 2 is 2.25 bits per heavy atom. The summed E-state index contributed by atoms with van der Waals surface area (Å²) in [6.45, 7) is 0. The van der Waals surface area contributed by atoms with Gasteiger partial charge in [0.25, 0.3) is 5.91 Å². The van der Waals surface area contributed by atoms with Crippen LogP contribution in [0, 0.1) is 3.57 Å². The van der Waals surface area contributed by atoms with E-state index in [1.165, 1.54) is 0 Å². The number of hydrogen-bond donors (Lipinski definition) is 2. The highest BCUT2D eigenvalue weighted by Gasteiger charge is 2.07. The predicted molar refractivity (Wildman–Crippen MR) is 58.5 cm³/mol. The van der Waals surface area contributed by atoms with Crippen molar-refractivity contribution in [2.24, 2.45) is 5.84 Å². The molecular formula is C7H6BrIN2O. The molecule has 0 aromatic heterocycles. The summed E-state index contributed by atoms with van der Waals surface area (Å²) < 4.78 is 1.81. The van der Waals surface area contributed by atoms with Crippen molar-refractivity contribution in [1.29, 1.82) is 0 Å². The smallest absolute Gasteiger partial charge is 0.266 e. The Bertz CT molecular complexity index is 316. The Kier molecular flexibility index (Phi) is 3.48. The summed E-state index contributed by atoms with van der Waals surface area (Å²) in [4.78, 5) is 11.1. The molecule has 64 valence electrons. The highest BCUT2D eigenvalue weighted by molar-refractivity contribution is 14.1. The number of nitrogens with two attached hydrogens (primary N) is 1. The van der Waals surface area contributed by atoms with E-state index in [0.717, 1.165) is 8.04 Å². The third-order valence-corrected chi connectivity index (χ3v) is 2.69. The molecule has 0 aliphatic carbocycles. The van der Waals surface area contributed by atoms with Crippen LogP contribution in [-0.2, 0) is 0 Å². The van der Waals surface area contributed by atoms with Gasteiger partial charge in [0, 0.05) is 8.04 Å². The monoisotopic (exact) mass is 340 g/mol. The zero-order valence-corrected chi connectivity index (χ0v) is 9.72. The summed E-state index contributed by atoms with van der Waals surface area (Å²) in [5, 5.41) is 0. The molecule has 0 spiro atoms. The second-order valence-electron chi connectivity index (χ2n) is 2.10. The zero-order chi connectivity index (χ0) is 9.14. The van der Waals surface area contributed by atoms with Gasteiger partial charge in [0.15, 0.2) is 0 Å². The van der Waals surface area contributed by atoms with Gasteiger partial charge in [0.05, 0.1) is 5.56 Å². The van der Waals surface area contributed by atoms with E-state index in [9.17, 15) is 4.79 Å². The summed E-state index contributed by atoms with van der Waals surface area (Å²) in [5.74, 6) is 4.73. The minimum Gasteiger partial charge on any atom is -0.290 e. The number of carbonyl (C=O) groups is 1. The third kappa shape index (κ3) is 2.18. The number of amides is 1. The SMILES string of the molecule is NNC(=O)c1ccc(Br)cc1I. The number of halogens is 2. The Morgan fingerprint density at radius 3 is 2.75 bits per heavy atom. The first kappa shape index (κ1) is 9.94. The normalized spacial score (nSPS) is 9.58. The van der Waals surface area contributed by atoms with E-state index < -0.39 is 0 Å². The fourth-order valence-corrected chi connectivity index (χ4v) is 2.30. The summed E-state index contributed by atoms with van der Waals surface area (Å²) in [6, 6.07) is 5.37. The maximum absolute atomic E-state index is 11.1. The molecule has 1 aromatic rings. The van der Waals surface area contributed by atoms with Crippen LogP contribution in [0.3, 0.4) is 0 Å². The van der Waals surface area contributed by atoms with Crippen LogP contribution in [0.4, 0.5) is 0 Å². The Morgan fingerprint density at radius 1 is 1.58 bits per heavy atom. The number of benzene rings is 1. The van der Waals surface area contributed by atoms with E-state index in [1.54, 1.807) is 12.1 Å². The lowest BCUT2D eigenvalue weighted by molar-refractivity contribution is 0.0953. The average molecular weight is 341 g/mol. The molecule has 3 N–H and O–H groups in total. The quantitative estimate of drug-likeness (QED) is 0.353. The molecule has 0 bridgehead atoms. The van der Waals surface area contributed by atoms with Crippen molar-refractivity contribution < 1.29 is 4.79 Å². The topological polar surface area (TPSA) is 55.1 Å². The van der Waals surface area contributed by atoms with Crippen LogP contribution in [0.5, 0.6) is 0 Å². The van der Waals surface area contributed by atoms with Crippen LogP contribution >= 0.6 is 38.5 Å². The van der Waals surface area contributed by atoms with E-state index in [4.69, 9.17) is 5.84 Å². The van der Waals surface area contributed by atoms with Gasteiger partial charge in [-0.2, -0.15) is 0 Å². The summed E-state index contributed by atoms with van der Waals surface area (Å²) in [5.41, 5.74) is 2.67. The maximum atomic E-state index is 11.1. The van der Waals surface area contributed by atoms with Gasteiger partial charge in [0.2, 0.25) is 0 Å². The van der Waals surface area contributed by atoms with Gasteiger partial charge in [-0.3, -0.25) is 10.2 Å². The van der Waals surface area contributed by atoms with Gasteiger partial charge in [-0.1, -0.05) is 15.9 Å². The molecule has 0 unspecified atom stereocenters. The van der Waals surface area contributed by atoms with Crippen molar-refractivity contribution in [2.75, 3.05) is 0 Å². The molecule has 3 nitrogen and oxygen atoms in total. The summed E-state index contributed by atoms with van der Waals surface area (Å²) >= 11 is 5.38. The molecule has 12 heavy (non-hydrogen) atoms. The van der Waals surface area contributed by atoms with Crippen molar-refractivity contribution in [1.82, 2.24) is 5.43 Å². The highest BCUT2D eigenvalue weighted by atomic mass is 127. The molecule has 1 rings (SSSR count). The number of nitrogen functional groups attached to an aromatic ring is 1. The van der Waals surface area contributed by atoms with Gasteiger partial charge in [0.1, 0.15) is 0 Å². The molecule has 0 radical (unpaired) electrons. The van der Waals surface area contributed by atoms with Crippen molar-refractivity contribution in [3.63, 3.8) is 0 Å². The van der Waals surface area contributed by atoms with E-state index in [2.05, 4.69) is 43.9 Å². The average Bonchev–Trinajstić information content (AvgIpc) is 2.03. The van der Waals surface area contributed by atoms with Crippen molar-refractivity contribution in [3.05, 3.63) is 31.8 Å². The number of hydrazine groups is 1. The van der Waals surface area contributed by atoms with Crippen LogP contribution < -0.4 is 11.3 Å². The van der Waals surface area contributed by atoms with Crippen LogP contribution in [0.1, 0.15) is 10.4 Å². The van der Waals surface area contributed by atoms with E-state index in [1.807, 2.05) is 6.07 Å². The minimum absolute atomic E-state index is 0.271. The molecule has 0 fully saturated rings. The van der Waals surface area contributed by atoms with Crippen molar-refractivity contribution in [3.8, 4) is 0 Å². The predicted octanol–water partition coefficient (Wildman–Crippen LogP) is 1.66. The van der Waals surface area contributed by atoms with Crippen LogP contribution in [0.15, 0.2) is 22.7 Å².